The summed E-state index contributed by atoms with van der Waals surface area (Å²) >= 11 is 0. The van der Waals surface area contributed by atoms with E-state index in [-0.39, 0.29) is 11.3 Å². The van der Waals surface area contributed by atoms with Gasteiger partial charge in [-0.2, -0.15) is 0 Å². The third-order valence-corrected chi connectivity index (χ3v) is 6.05. The fourth-order valence-electron chi connectivity index (χ4n) is 4.47. The maximum Gasteiger partial charge on any atom is 0.219 e. The first kappa shape index (κ1) is 17.2. The summed E-state index contributed by atoms with van der Waals surface area (Å²) in [4.78, 5) is 21.2. The molecule has 0 atom stereocenters. The molecule has 1 amide bonds. The molecule has 4 nitrogen and oxygen atoms in total. The fraction of sp³-hybridized carbons (Fsp3) is 0.455. The molecule has 2 aliphatic rings. The summed E-state index contributed by atoms with van der Waals surface area (Å²) in [6.07, 6.45) is 5.23. The summed E-state index contributed by atoms with van der Waals surface area (Å²) in [7, 11) is 0. The molecule has 136 valence electrons. The molecular weight excluding hydrogens is 322 g/mol. The molecule has 2 aromatic rings. The second kappa shape index (κ2) is 7.20. The first-order chi connectivity index (χ1) is 12.6. The third-order valence-electron chi connectivity index (χ3n) is 6.05. The van der Waals surface area contributed by atoms with Crippen molar-refractivity contribution in [2.75, 3.05) is 19.6 Å². The first-order valence-corrected chi connectivity index (χ1v) is 9.58. The van der Waals surface area contributed by atoms with E-state index in [0.717, 1.165) is 57.7 Å². The van der Waals surface area contributed by atoms with Gasteiger partial charge in [-0.3, -0.25) is 14.7 Å². The Hall–Kier alpha value is -2.20. The molecule has 1 spiro atoms. The summed E-state index contributed by atoms with van der Waals surface area (Å²) in [5.74, 6) is 0.192. The molecule has 4 rings (SSSR count). The van der Waals surface area contributed by atoms with Crippen LogP contribution < -0.4 is 0 Å². The van der Waals surface area contributed by atoms with Crippen molar-refractivity contribution in [2.45, 2.75) is 39.3 Å². The van der Waals surface area contributed by atoms with E-state index >= 15 is 0 Å². The van der Waals surface area contributed by atoms with Crippen molar-refractivity contribution >= 4 is 5.91 Å². The number of hydrogen-bond donors (Lipinski definition) is 0. The Morgan fingerprint density at radius 3 is 2.50 bits per heavy atom. The van der Waals surface area contributed by atoms with Gasteiger partial charge in [-0.05, 0) is 61.0 Å². The highest BCUT2D eigenvalue weighted by Gasteiger charge is 2.39. The topological polar surface area (TPSA) is 36.4 Å². The molecule has 0 N–H and O–H groups in total. The Morgan fingerprint density at radius 2 is 1.81 bits per heavy atom. The van der Waals surface area contributed by atoms with Crippen LogP contribution in [0.2, 0.25) is 0 Å². The van der Waals surface area contributed by atoms with Crippen molar-refractivity contribution in [3.8, 4) is 0 Å². The molecule has 1 saturated heterocycles. The molecule has 26 heavy (non-hydrogen) atoms. The Labute approximate surface area is 155 Å². The monoisotopic (exact) mass is 349 g/mol. The largest absolute Gasteiger partial charge is 0.338 e. The summed E-state index contributed by atoms with van der Waals surface area (Å²) in [5, 5.41) is 0. The van der Waals surface area contributed by atoms with Crippen LogP contribution in [-0.2, 0) is 24.3 Å². The number of benzene rings is 1. The minimum absolute atomic E-state index is 0.192. The Kier molecular flexibility index (Phi) is 4.77. The molecule has 0 unspecified atom stereocenters. The van der Waals surface area contributed by atoms with E-state index in [1.807, 2.05) is 12.3 Å². The van der Waals surface area contributed by atoms with Crippen LogP contribution in [0, 0.1) is 5.41 Å². The fourth-order valence-corrected chi connectivity index (χ4v) is 4.47. The summed E-state index contributed by atoms with van der Waals surface area (Å²) in [5.41, 5.74) is 4.09. The van der Waals surface area contributed by atoms with Gasteiger partial charge in [0.1, 0.15) is 0 Å². The molecular formula is C22H27N3O. The summed E-state index contributed by atoms with van der Waals surface area (Å²) in [6.45, 7) is 6.41. The van der Waals surface area contributed by atoms with Crippen molar-refractivity contribution in [3.63, 3.8) is 0 Å². The van der Waals surface area contributed by atoms with E-state index in [1.165, 1.54) is 11.1 Å². The number of likely N-dealkylation sites (tertiary alicyclic amines) is 1. The normalized spacial score (nSPS) is 19.8. The van der Waals surface area contributed by atoms with E-state index in [1.54, 1.807) is 6.92 Å². The molecule has 0 bridgehead atoms. The number of nitrogens with zero attached hydrogens (tertiary/aromatic N) is 3. The van der Waals surface area contributed by atoms with Crippen LogP contribution in [0.3, 0.4) is 0 Å². The number of rotatable bonds is 2. The van der Waals surface area contributed by atoms with E-state index in [2.05, 4.69) is 51.2 Å². The Morgan fingerprint density at radius 1 is 1.08 bits per heavy atom. The summed E-state index contributed by atoms with van der Waals surface area (Å²) < 4.78 is 0. The van der Waals surface area contributed by atoms with E-state index in [9.17, 15) is 4.79 Å². The van der Waals surface area contributed by atoms with Gasteiger partial charge in [0, 0.05) is 32.8 Å². The average molecular weight is 349 g/mol. The maximum atomic E-state index is 12.2. The molecule has 4 heteroatoms. The summed E-state index contributed by atoms with van der Waals surface area (Å²) in [6, 6.07) is 14.8. The second-order valence-corrected chi connectivity index (χ2v) is 7.92. The van der Waals surface area contributed by atoms with Gasteiger partial charge in [-0.25, -0.2) is 0 Å². The number of pyridine rings is 1. The Balaban J connectivity index is 1.50. The number of amides is 1. The Bertz CT molecular complexity index is 766. The standard InChI is InChI=1S/C22H27N3O/c1-18(26)25-15-20-7-3-2-6-19(20)14-22(17-25)9-12-24(13-10-22)16-21-8-4-5-11-23-21/h2-8,11H,9-10,12-17H2,1H3. The van der Waals surface area contributed by atoms with E-state index in [0.29, 0.717) is 0 Å². The van der Waals surface area contributed by atoms with Gasteiger partial charge in [-0.1, -0.05) is 30.3 Å². The number of hydrogen-bond acceptors (Lipinski definition) is 3. The van der Waals surface area contributed by atoms with Crippen LogP contribution in [0.15, 0.2) is 48.7 Å². The number of aromatic nitrogens is 1. The van der Waals surface area contributed by atoms with Gasteiger partial charge in [0.25, 0.3) is 0 Å². The van der Waals surface area contributed by atoms with Crippen molar-refractivity contribution in [2.24, 2.45) is 5.41 Å². The highest BCUT2D eigenvalue weighted by atomic mass is 16.2. The lowest BCUT2D eigenvalue weighted by molar-refractivity contribution is -0.131. The molecule has 1 aromatic carbocycles. The van der Waals surface area contributed by atoms with Gasteiger partial charge < -0.3 is 4.90 Å². The van der Waals surface area contributed by atoms with Crippen LogP contribution >= 0.6 is 0 Å². The first-order valence-electron chi connectivity index (χ1n) is 9.58. The maximum absolute atomic E-state index is 12.2. The molecule has 0 radical (unpaired) electrons. The average Bonchev–Trinajstić information content (AvgIpc) is 2.81. The second-order valence-electron chi connectivity index (χ2n) is 7.92. The molecule has 2 aliphatic heterocycles. The van der Waals surface area contributed by atoms with E-state index in [4.69, 9.17) is 0 Å². The van der Waals surface area contributed by atoms with Gasteiger partial charge in [-0.15, -0.1) is 0 Å². The zero-order valence-electron chi connectivity index (χ0n) is 15.5. The van der Waals surface area contributed by atoms with Crippen molar-refractivity contribution in [3.05, 3.63) is 65.5 Å². The van der Waals surface area contributed by atoms with Gasteiger partial charge in [0.15, 0.2) is 0 Å². The van der Waals surface area contributed by atoms with Gasteiger partial charge in [0.05, 0.1) is 5.69 Å². The minimum Gasteiger partial charge on any atom is -0.338 e. The predicted molar refractivity (Wildman–Crippen MR) is 102 cm³/mol. The highest BCUT2D eigenvalue weighted by Crippen LogP contribution is 2.39. The van der Waals surface area contributed by atoms with Crippen LogP contribution in [0.5, 0.6) is 0 Å². The third kappa shape index (κ3) is 3.65. The predicted octanol–water partition coefficient (Wildman–Crippen LogP) is 3.27. The lowest BCUT2D eigenvalue weighted by atomic mass is 9.73. The number of piperidine rings is 1. The van der Waals surface area contributed by atoms with Crippen molar-refractivity contribution in [1.29, 1.82) is 0 Å². The van der Waals surface area contributed by atoms with Crippen LogP contribution in [0.4, 0.5) is 0 Å². The van der Waals surface area contributed by atoms with Crippen molar-refractivity contribution < 1.29 is 4.79 Å². The molecule has 1 aromatic heterocycles. The lowest BCUT2D eigenvalue weighted by Crippen LogP contribution is -2.47. The minimum atomic E-state index is 0.192. The van der Waals surface area contributed by atoms with Crippen LogP contribution in [0.1, 0.15) is 36.6 Å². The lowest BCUT2D eigenvalue weighted by Gasteiger charge is -2.43. The van der Waals surface area contributed by atoms with Crippen LogP contribution in [0.25, 0.3) is 0 Å². The quantitative estimate of drug-likeness (QED) is 0.835. The number of fused-ring (bicyclic) bond motifs is 1. The zero-order valence-corrected chi connectivity index (χ0v) is 15.5. The molecule has 1 fully saturated rings. The zero-order chi connectivity index (χ0) is 18.0. The molecule has 0 aliphatic carbocycles. The molecule has 0 saturated carbocycles. The smallest absolute Gasteiger partial charge is 0.219 e. The highest BCUT2D eigenvalue weighted by molar-refractivity contribution is 5.73. The molecule has 3 heterocycles. The number of carbonyl (C=O) groups is 1. The van der Waals surface area contributed by atoms with Gasteiger partial charge in [0.2, 0.25) is 5.91 Å². The van der Waals surface area contributed by atoms with E-state index < -0.39 is 0 Å². The van der Waals surface area contributed by atoms with Gasteiger partial charge >= 0.3 is 0 Å². The van der Waals surface area contributed by atoms with Crippen molar-refractivity contribution in [1.82, 2.24) is 14.8 Å². The SMILES string of the molecule is CC(=O)N1Cc2ccccc2CC2(CCN(Cc3ccccn3)CC2)C1. The van der Waals surface area contributed by atoms with Crippen LogP contribution in [-0.4, -0.2) is 40.3 Å². The number of carbonyl (C=O) groups excluding carboxylic acids is 1.